The smallest absolute Gasteiger partial charge is 0.410 e. The number of rotatable bonds is 1. The van der Waals surface area contributed by atoms with Gasteiger partial charge in [-0.05, 0) is 33.6 Å². The molecule has 0 aromatic carbocycles. The van der Waals surface area contributed by atoms with Gasteiger partial charge < -0.3 is 14.6 Å². The Kier molecular flexibility index (Phi) is 3.95. The molecule has 23 heavy (non-hydrogen) atoms. The van der Waals surface area contributed by atoms with Crippen molar-refractivity contribution in [3.8, 4) is 0 Å². The van der Waals surface area contributed by atoms with Crippen molar-refractivity contribution in [2.45, 2.75) is 45.1 Å². The van der Waals surface area contributed by atoms with Crippen LogP contribution in [0.25, 0.3) is 11.2 Å². The largest absolute Gasteiger partial charge is 0.444 e. The fourth-order valence-corrected chi connectivity index (χ4v) is 2.75. The number of aromatic amines is 1. The molecular formula is C16H21FN4O2. The first-order valence-electron chi connectivity index (χ1n) is 7.81. The van der Waals surface area contributed by atoms with Gasteiger partial charge in [-0.25, -0.2) is 19.2 Å². The minimum Gasteiger partial charge on any atom is -0.444 e. The molecule has 0 bridgehead atoms. The number of pyridine rings is 1. The number of carbonyl (C=O) groups excluding carboxylic acids is 1. The number of halogens is 1. The molecule has 1 aliphatic heterocycles. The molecule has 0 spiro atoms. The maximum absolute atomic E-state index is 13.2. The highest BCUT2D eigenvalue weighted by molar-refractivity contribution is 5.70. The standard InChI is InChI=1S/C16H21FN4O2/c1-16(2,3)23-15(22)21-6-4-10(5-7-21)13-19-12-8-11(17)9-18-14(12)20-13/h8-10H,4-7H2,1-3H3,(H,18,19,20). The Morgan fingerprint density at radius 2 is 2.09 bits per heavy atom. The van der Waals surface area contributed by atoms with E-state index in [1.54, 1.807) is 4.90 Å². The molecule has 7 heteroatoms. The number of nitrogens with one attached hydrogen (secondary N) is 1. The predicted molar refractivity (Wildman–Crippen MR) is 83.6 cm³/mol. The number of hydrogen-bond acceptors (Lipinski definition) is 4. The summed E-state index contributed by atoms with van der Waals surface area (Å²) in [5.41, 5.74) is 0.646. The fourth-order valence-electron chi connectivity index (χ4n) is 2.75. The van der Waals surface area contributed by atoms with Gasteiger partial charge in [0.1, 0.15) is 17.2 Å². The van der Waals surface area contributed by atoms with Crippen molar-refractivity contribution in [2.24, 2.45) is 0 Å². The van der Waals surface area contributed by atoms with Crippen LogP contribution in [0.15, 0.2) is 12.3 Å². The minimum atomic E-state index is -0.484. The van der Waals surface area contributed by atoms with E-state index in [2.05, 4.69) is 15.0 Å². The van der Waals surface area contributed by atoms with E-state index in [-0.39, 0.29) is 17.8 Å². The second kappa shape index (κ2) is 5.79. The Bertz CT molecular complexity index is 714. The van der Waals surface area contributed by atoms with Gasteiger partial charge in [0, 0.05) is 25.1 Å². The van der Waals surface area contributed by atoms with E-state index in [4.69, 9.17) is 4.74 Å². The van der Waals surface area contributed by atoms with E-state index in [9.17, 15) is 9.18 Å². The Balaban J connectivity index is 1.65. The third-order valence-corrected chi connectivity index (χ3v) is 3.86. The number of fused-ring (bicyclic) bond motifs is 1. The maximum atomic E-state index is 13.2. The normalized spacial score (nSPS) is 16.8. The van der Waals surface area contributed by atoms with Crippen molar-refractivity contribution in [1.82, 2.24) is 19.9 Å². The zero-order valence-corrected chi connectivity index (χ0v) is 13.6. The molecule has 124 valence electrons. The van der Waals surface area contributed by atoms with Gasteiger partial charge in [-0.3, -0.25) is 0 Å². The Hall–Kier alpha value is -2.18. The predicted octanol–water partition coefficient (Wildman–Crippen LogP) is 3.21. The number of H-pyrrole nitrogens is 1. The average Bonchev–Trinajstić information content (AvgIpc) is 2.88. The van der Waals surface area contributed by atoms with Crippen molar-refractivity contribution >= 4 is 17.3 Å². The van der Waals surface area contributed by atoms with Crippen molar-refractivity contribution in [3.63, 3.8) is 0 Å². The van der Waals surface area contributed by atoms with Gasteiger partial charge in [0.25, 0.3) is 0 Å². The quantitative estimate of drug-likeness (QED) is 0.876. The summed E-state index contributed by atoms with van der Waals surface area (Å²) < 4.78 is 18.6. The molecule has 1 fully saturated rings. The van der Waals surface area contributed by atoms with Gasteiger partial charge in [0.05, 0.1) is 11.7 Å². The van der Waals surface area contributed by atoms with Crippen molar-refractivity contribution in [1.29, 1.82) is 0 Å². The molecule has 0 aliphatic carbocycles. The third-order valence-electron chi connectivity index (χ3n) is 3.86. The second-order valence-corrected chi connectivity index (χ2v) is 6.89. The van der Waals surface area contributed by atoms with Crippen LogP contribution in [0.2, 0.25) is 0 Å². The molecule has 0 radical (unpaired) electrons. The maximum Gasteiger partial charge on any atom is 0.410 e. The zero-order valence-electron chi connectivity index (χ0n) is 13.6. The molecule has 1 amide bonds. The lowest BCUT2D eigenvalue weighted by molar-refractivity contribution is 0.0203. The number of ether oxygens (including phenoxy) is 1. The molecule has 2 aromatic heterocycles. The van der Waals surface area contributed by atoms with Gasteiger partial charge >= 0.3 is 6.09 Å². The lowest BCUT2D eigenvalue weighted by Crippen LogP contribution is -2.41. The second-order valence-electron chi connectivity index (χ2n) is 6.89. The lowest BCUT2D eigenvalue weighted by atomic mass is 9.96. The first kappa shape index (κ1) is 15.7. The van der Waals surface area contributed by atoms with Gasteiger partial charge in [-0.15, -0.1) is 0 Å². The summed E-state index contributed by atoms with van der Waals surface area (Å²) in [6.07, 6.45) is 2.48. The number of hydrogen-bond donors (Lipinski definition) is 1. The Morgan fingerprint density at radius 3 is 2.74 bits per heavy atom. The first-order chi connectivity index (χ1) is 10.8. The number of piperidine rings is 1. The zero-order chi connectivity index (χ0) is 16.6. The van der Waals surface area contributed by atoms with Crippen LogP contribution < -0.4 is 0 Å². The van der Waals surface area contributed by atoms with Crippen LogP contribution in [-0.4, -0.2) is 44.6 Å². The minimum absolute atomic E-state index is 0.214. The van der Waals surface area contributed by atoms with Crippen LogP contribution in [0.5, 0.6) is 0 Å². The topological polar surface area (TPSA) is 71.1 Å². The third kappa shape index (κ3) is 3.60. The highest BCUT2D eigenvalue weighted by Gasteiger charge is 2.28. The molecule has 2 aromatic rings. The lowest BCUT2D eigenvalue weighted by Gasteiger charge is -2.32. The molecule has 1 N–H and O–H groups in total. The van der Waals surface area contributed by atoms with E-state index >= 15 is 0 Å². The van der Waals surface area contributed by atoms with Crippen LogP contribution in [0.4, 0.5) is 9.18 Å². The summed E-state index contributed by atoms with van der Waals surface area (Å²) >= 11 is 0. The molecule has 0 unspecified atom stereocenters. The van der Waals surface area contributed by atoms with Gasteiger partial charge in [0.15, 0.2) is 5.65 Å². The molecule has 0 saturated carbocycles. The van der Waals surface area contributed by atoms with Crippen LogP contribution in [0, 0.1) is 5.82 Å². The van der Waals surface area contributed by atoms with Crippen molar-refractivity contribution in [2.75, 3.05) is 13.1 Å². The van der Waals surface area contributed by atoms with E-state index in [0.29, 0.717) is 24.3 Å². The summed E-state index contributed by atoms with van der Waals surface area (Å²) in [7, 11) is 0. The summed E-state index contributed by atoms with van der Waals surface area (Å²) in [4.78, 5) is 25.3. The number of likely N-dealkylation sites (tertiary alicyclic amines) is 1. The molecule has 3 heterocycles. The SMILES string of the molecule is CC(C)(C)OC(=O)N1CCC(c2nc3ncc(F)cc3[nH]2)CC1. The molecule has 6 nitrogen and oxygen atoms in total. The molecule has 1 aliphatic rings. The Morgan fingerprint density at radius 1 is 1.39 bits per heavy atom. The fraction of sp³-hybridized carbons (Fsp3) is 0.562. The van der Waals surface area contributed by atoms with Crippen molar-refractivity contribution in [3.05, 3.63) is 23.9 Å². The number of amides is 1. The van der Waals surface area contributed by atoms with Gasteiger partial charge in [-0.2, -0.15) is 0 Å². The summed E-state index contributed by atoms with van der Waals surface area (Å²) in [5, 5.41) is 0. The Labute approximate surface area is 134 Å². The first-order valence-corrected chi connectivity index (χ1v) is 7.81. The average molecular weight is 320 g/mol. The highest BCUT2D eigenvalue weighted by Crippen LogP contribution is 2.28. The van der Waals surface area contributed by atoms with Crippen LogP contribution >= 0.6 is 0 Å². The van der Waals surface area contributed by atoms with E-state index in [1.165, 1.54) is 6.07 Å². The summed E-state index contributed by atoms with van der Waals surface area (Å²) in [5.74, 6) is 0.639. The van der Waals surface area contributed by atoms with Crippen LogP contribution in [0.1, 0.15) is 45.4 Å². The van der Waals surface area contributed by atoms with Gasteiger partial charge in [0.2, 0.25) is 0 Å². The molecular weight excluding hydrogens is 299 g/mol. The highest BCUT2D eigenvalue weighted by atomic mass is 19.1. The molecule has 0 atom stereocenters. The molecule has 3 rings (SSSR count). The number of aromatic nitrogens is 3. The number of carbonyl (C=O) groups is 1. The number of nitrogens with zero attached hydrogens (tertiary/aromatic N) is 3. The number of imidazole rings is 1. The van der Waals surface area contributed by atoms with Crippen molar-refractivity contribution < 1.29 is 13.9 Å². The van der Waals surface area contributed by atoms with Crippen LogP contribution in [-0.2, 0) is 4.74 Å². The molecule has 1 saturated heterocycles. The van der Waals surface area contributed by atoms with E-state index < -0.39 is 5.60 Å². The summed E-state index contributed by atoms with van der Waals surface area (Å²) in [6.45, 7) is 6.82. The van der Waals surface area contributed by atoms with Crippen LogP contribution in [0.3, 0.4) is 0 Å². The monoisotopic (exact) mass is 320 g/mol. The van der Waals surface area contributed by atoms with E-state index in [0.717, 1.165) is 24.9 Å². The van der Waals surface area contributed by atoms with E-state index in [1.807, 2.05) is 20.8 Å². The van der Waals surface area contributed by atoms with Gasteiger partial charge in [-0.1, -0.05) is 0 Å². The summed E-state index contributed by atoms with van der Waals surface area (Å²) in [6, 6.07) is 1.40.